The summed E-state index contributed by atoms with van der Waals surface area (Å²) in [5.41, 5.74) is 0.0792. The maximum Gasteiger partial charge on any atom is 0.225 e. The zero-order valence-corrected chi connectivity index (χ0v) is 21.2. The van der Waals surface area contributed by atoms with E-state index in [0.29, 0.717) is 0 Å². The number of amides is 1. The van der Waals surface area contributed by atoms with Crippen LogP contribution in [0, 0.1) is 17.8 Å². The van der Waals surface area contributed by atoms with Gasteiger partial charge in [0.2, 0.25) is 5.91 Å². The third-order valence-corrected chi connectivity index (χ3v) is 5.97. The van der Waals surface area contributed by atoms with Crippen molar-refractivity contribution in [2.24, 2.45) is 22.7 Å². The van der Waals surface area contributed by atoms with E-state index >= 15 is 0 Å². The minimum Gasteiger partial charge on any atom is -0.355 e. The van der Waals surface area contributed by atoms with Crippen LogP contribution in [-0.2, 0) is 4.79 Å². The summed E-state index contributed by atoms with van der Waals surface area (Å²) < 4.78 is 0. The molecule has 2 rings (SSSR count). The Bertz CT molecular complexity index is 527. The number of nitrogens with one attached hydrogen (secondary N) is 2. The van der Waals surface area contributed by atoms with E-state index < -0.39 is 0 Å². The lowest BCUT2D eigenvalue weighted by Gasteiger charge is -2.45. The van der Waals surface area contributed by atoms with E-state index in [-0.39, 0.29) is 47.4 Å². The summed E-state index contributed by atoms with van der Waals surface area (Å²) in [6, 6.07) is 0.275. The first-order chi connectivity index (χ1) is 12.6. The van der Waals surface area contributed by atoms with Gasteiger partial charge in [-0.15, -0.1) is 24.0 Å². The molecule has 6 nitrogen and oxygen atoms in total. The molecule has 2 saturated heterocycles. The van der Waals surface area contributed by atoms with Crippen molar-refractivity contribution in [2.75, 3.05) is 39.8 Å². The van der Waals surface area contributed by atoms with Crippen molar-refractivity contribution in [1.82, 2.24) is 20.4 Å². The molecule has 2 aliphatic rings. The van der Waals surface area contributed by atoms with Gasteiger partial charge in [-0.2, -0.15) is 0 Å². The lowest BCUT2D eigenvalue weighted by Crippen LogP contribution is -2.57. The summed E-state index contributed by atoms with van der Waals surface area (Å²) in [6.07, 6.45) is 2.31. The number of halogens is 1. The SMILES string of the molecule is CN=C(NCC(C)(C)N1CC(C)CC(C)C1)NC1CCN(C(=O)C(C)C)C1.I. The number of rotatable bonds is 5. The maximum atomic E-state index is 12.2. The fourth-order valence-corrected chi connectivity index (χ4v) is 4.40. The van der Waals surface area contributed by atoms with Gasteiger partial charge in [-0.1, -0.05) is 27.7 Å². The highest BCUT2D eigenvalue weighted by Crippen LogP contribution is 2.26. The zero-order valence-electron chi connectivity index (χ0n) is 18.9. The van der Waals surface area contributed by atoms with Crippen LogP contribution in [0.4, 0.5) is 0 Å². The molecular formula is C21H42IN5O. The van der Waals surface area contributed by atoms with E-state index in [4.69, 9.17) is 0 Å². The number of guanidine groups is 1. The number of carbonyl (C=O) groups is 1. The average molecular weight is 508 g/mol. The molecule has 0 spiro atoms. The van der Waals surface area contributed by atoms with E-state index in [2.05, 4.69) is 48.2 Å². The number of hydrogen-bond acceptors (Lipinski definition) is 3. The predicted molar refractivity (Wildman–Crippen MR) is 128 cm³/mol. The highest BCUT2D eigenvalue weighted by molar-refractivity contribution is 14.0. The molecule has 0 aromatic heterocycles. The average Bonchev–Trinajstić information content (AvgIpc) is 3.05. The molecule has 0 saturated carbocycles. The van der Waals surface area contributed by atoms with Crippen LogP contribution in [0.15, 0.2) is 4.99 Å². The molecule has 0 aromatic rings. The lowest BCUT2D eigenvalue weighted by molar-refractivity contribution is -0.133. The second kappa shape index (κ2) is 11.0. The molecule has 2 N–H and O–H groups in total. The maximum absolute atomic E-state index is 12.2. The Balaban J connectivity index is 0.00000392. The van der Waals surface area contributed by atoms with Gasteiger partial charge in [0, 0.05) is 57.3 Å². The van der Waals surface area contributed by atoms with Crippen LogP contribution in [0.1, 0.15) is 54.4 Å². The van der Waals surface area contributed by atoms with Crippen LogP contribution in [0.25, 0.3) is 0 Å². The largest absolute Gasteiger partial charge is 0.355 e. The first-order valence-corrected chi connectivity index (χ1v) is 10.6. The van der Waals surface area contributed by atoms with Crippen molar-refractivity contribution in [1.29, 1.82) is 0 Å². The molecule has 0 aliphatic carbocycles. The van der Waals surface area contributed by atoms with Crippen molar-refractivity contribution in [3.8, 4) is 0 Å². The second-order valence-corrected chi connectivity index (χ2v) is 9.66. The van der Waals surface area contributed by atoms with Gasteiger partial charge in [-0.25, -0.2) is 0 Å². The molecule has 0 aromatic carbocycles. The fraction of sp³-hybridized carbons (Fsp3) is 0.905. The van der Waals surface area contributed by atoms with Gasteiger partial charge in [0.1, 0.15) is 0 Å². The Morgan fingerprint density at radius 3 is 2.32 bits per heavy atom. The minimum absolute atomic E-state index is 0. The molecule has 1 amide bonds. The van der Waals surface area contributed by atoms with Crippen LogP contribution >= 0.6 is 24.0 Å². The van der Waals surface area contributed by atoms with Crippen molar-refractivity contribution in [3.63, 3.8) is 0 Å². The summed E-state index contributed by atoms with van der Waals surface area (Å²) in [5, 5.41) is 7.03. The van der Waals surface area contributed by atoms with E-state index in [0.717, 1.165) is 43.9 Å². The van der Waals surface area contributed by atoms with Crippen molar-refractivity contribution in [2.45, 2.75) is 66.0 Å². The monoisotopic (exact) mass is 507 g/mol. The van der Waals surface area contributed by atoms with Gasteiger partial charge in [0.15, 0.2) is 5.96 Å². The fourth-order valence-electron chi connectivity index (χ4n) is 4.40. The molecule has 0 bridgehead atoms. The van der Waals surface area contributed by atoms with Crippen molar-refractivity contribution < 1.29 is 4.79 Å². The molecule has 28 heavy (non-hydrogen) atoms. The third-order valence-electron chi connectivity index (χ3n) is 5.97. The quantitative estimate of drug-likeness (QED) is 0.342. The standard InChI is InChI=1S/C21H41N5O.HI/c1-15(2)19(27)25-9-8-18(13-25)24-20(22-7)23-14-21(5,6)26-11-16(3)10-17(4)12-26;/h15-18H,8-14H2,1-7H3,(H2,22,23,24);1H. The number of carbonyl (C=O) groups excluding carboxylic acids is 1. The Hall–Kier alpha value is -0.570. The molecule has 3 atom stereocenters. The molecule has 7 heteroatoms. The highest BCUT2D eigenvalue weighted by atomic mass is 127. The normalized spacial score (nSPS) is 26.9. The summed E-state index contributed by atoms with van der Waals surface area (Å²) in [6.45, 7) is 18.1. The summed E-state index contributed by atoms with van der Waals surface area (Å²) in [7, 11) is 1.82. The van der Waals surface area contributed by atoms with Gasteiger partial charge in [0.05, 0.1) is 0 Å². The van der Waals surface area contributed by atoms with E-state index in [1.54, 1.807) is 0 Å². The Morgan fingerprint density at radius 1 is 1.18 bits per heavy atom. The number of nitrogens with zero attached hydrogens (tertiary/aromatic N) is 3. The minimum atomic E-state index is 0. The summed E-state index contributed by atoms with van der Waals surface area (Å²) in [5.74, 6) is 2.67. The van der Waals surface area contributed by atoms with E-state index in [1.165, 1.54) is 19.5 Å². The smallest absolute Gasteiger partial charge is 0.225 e. The molecule has 164 valence electrons. The van der Waals surface area contributed by atoms with Gasteiger partial charge in [0.25, 0.3) is 0 Å². The lowest BCUT2D eigenvalue weighted by atomic mass is 9.88. The number of likely N-dealkylation sites (tertiary alicyclic amines) is 2. The van der Waals surface area contributed by atoms with Gasteiger partial charge >= 0.3 is 0 Å². The van der Waals surface area contributed by atoms with Crippen molar-refractivity contribution in [3.05, 3.63) is 0 Å². The van der Waals surface area contributed by atoms with Crippen LogP contribution < -0.4 is 10.6 Å². The highest BCUT2D eigenvalue weighted by Gasteiger charge is 2.33. The third kappa shape index (κ3) is 7.04. The summed E-state index contributed by atoms with van der Waals surface area (Å²) >= 11 is 0. The van der Waals surface area contributed by atoms with Crippen LogP contribution in [0.2, 0.25) is 0 Å². The Labute approximate surface area is 189 Å². The molecular weight excluding hydrogens is 465 g/mol. The van der Waals surface area contributed by atoms with Gasteiger partial charge in [-0.3, -0.25) is 14.7 Å². The topological polar surface area (TPSA) is 60.0 Å². The first-order valence-electron chi connectivity index (χ1n) is 10.6. The molecule has 2 heterocycles. The van der Waals surface area contributed by atoms with Gasteiger partial charge < -0.3 is 15.5 Å². The Kier molecular flexibility index (Phi) is 10.00. The summed E-state index contributed by atoms with van der Waals surface area (Å²) in [4.78, 5) is 21.2. The molecule has 3 unspecified atom stereocenters. The Morgan fingerprint density at radius 2 is 1.79 bits per heavy atom. The second-order valence-electron chi connectivity index (χ2n) is 9.66. The first kappa shape index (κ1) is 25.5. The van der Waals surface area contributed by atoms with Gasteiger partial charge in [-0.05, 0) is 38.5 Å². The van der Waals surface area contributed by atoms with Crippen LogP contribution in [0.5, 0.6) is 0 Å². The van der Waals surface area contributed by atoms with Crippen LogP contribution in [-0.4, -0.2) is 73.0 Å². The molecule has 2 aliphatic heterocycles. The molecule has 0 radical (unpaired) electrons. The molecule has 2 fully saturated rings. The van der Waals surface area contributed by atoms with Crippen molar-refractivity contribution >= 4 is 35.8 Å². The van der Waals surface area contributed by atoms with Crippen LogP contribution in [0.3, 0.4) is 0 Å². The number of aliphatic imine (C=N–C) groups is 1. The predicted octanol–water partition coefficient (Wildman–Crippen LogP) is 2.78. The number of piperidine rings is 1. The number of hydrogen-bond donors (Lipinski definition) is 2. The zero-order chi connectivity index (χ0) is 20.2. The van der Waals surface area contributed by atoms with E-state index in [1.807, 2.05) is 25.8 Å². The van der Waals surface area contributed by atoms with E-state index in [9.17, 15) is 4.79 Å².